The maximum absolute atomic E-state index is 10.9. The number of carboxylic acid groups (broad SMARTS) is 1. The van der Waals surface area contributed by atoms with Gasteiger partial charge in [0.15, 0.2) is 0 Å². The minimum absolute atomic E-state index is 0. The van der Waals surface area contributed by atoms with E-state index in [-0.39, 0.29) is 56.9 Å². The number of nitrogens with zero attached hydrogens (tertiary/aromatic N) is 1. The number of hydrogen-bond acceptors (Lipinski definition) is 4. The van der Waals surface area contributed by atoms with Crippen molar-refractivity contribution in [2.45, 2.75) is 13.5 Å². The van der Waals surface area contributed by atoms with Gasteiger partial charge in [-0.3, -0.25) is 0 Å². The number of anilines is 1. The molecule has 2 rings (SSSR count). The van der Waals surface area contributed by atoms with Crippen molar-refractivity contribution < 1.29 is 61.3 Å². The van der Waals surface area contributed by atoms with Crippen LogP contribution in [0.4, 0.5) is 5.82 Å². The van der Waals surface area contributed by atoms with Crippen molar-refractivity contribution in [1.82, 2.24) is 4.98 Å². The third kappa shape index (κ3) is 4.70. The summed E-state index contributed by atoms with van der Waals surface area (Å²) in [4.78, 5) is 15.1. The maximum Gasteiger partial charge on any atom is 1.00 e. The number of pyridine rings is 1. The van der Waals surface area contributed by atoms with Crippen molar-refractivity contribution >= 4 is 11.8 Å². The van der Waals surface area contributed by atoms with Crippen LogP contribution in [0, 0.1) is 6.92 Å². The molecule has 0 aliphatic carbocycles. The Balaban J connectivity index is 0.00000180. The molecule has 2 aromatic rings. The van der Waals surface area contributed by atoms with Gasteiger partial charge >= 0.3 is 51.4 Å². The smallest absolute Gasteiger partial charge is 0.545 e. The minimum Gasteiger partial charge on any atom is -0.545 e. The van der Waals surface area contributed by atoms with E-state index in [0.29, 0.717) is 12.1 Å². The number of aryl methyl sites for hydroxylation is 1. The summed E-state index contributed by atoms with van der Waals surface area (Å²) in [6.07, 6.45) is 1.71. The number of aromatic nitrogens is 1. The van der Waals surface area contributed by atoms with Crippen molar-refractivity contribution in [3.05, 3.63) is 59.3 Å². The van der Waals surface area contributed by atoms with E-state index >= 15 is 0 Å². The fourth-order valence-electron chi connectivity index (χ4n) is 1.69. The molecule has 19 heavy (non-hydrogen) atoms. The quantitative estimate of drug-likeness (QED) is 0.683. The number of rotatable bonds is 4. The Morgan fingerprint density at radius 1 is 1.32 bits per heavy atom. The SMILES string of the molecule is Cc1ccnc(NCc2ccccc2C(=O)[O-])c1.[K+]. The van der Waals surface area contributed by atoms with Crippen LogP contribution >= 0.6 is 0 Å². The number of carboxylic acids is 1. The number of aromatic carboxylic acids is 1. The van der Waals surface area contributed by atoms with E-state index in [9.17, 15) is 9.90 Å². The van der Waals surface area contributed by atoms with Crippen LogP contribution in [0.25, 0.3) is 0 Å². The Kier molecular flexibility index (Phi) is 6.68. The van der Waals surface area contributed by atoms with Gasteiger partial charge in [-0.2, -0.15) is 0 Å². The molecule has 92 valence electrons. The molecule has 1 aromatic heterocycles. The summed E-state index contributed by atoms with van der Waals surface area (Å²) in [7, 11) is 0. The van der Waals surface area contributed by atoms with Gasteiger partial charge in [0.1, 0.15) is 5.82 Å². The number of hydrogen-bond donors (Lipinski definition) is 1. The van der Waals surface area contributed by atoms with E-state index in [2.05, 4.69) is 10.3 Å². The molecule has 0 aliphatic rings. The number of carbonyl (C=O) groups excluding carboxylic acids is 1. The molecule has 1 N–H and O–H groups in total. The van der Waals surface area contributed by atoms with Gasteiger partial charge in [0, 0.05) is 18.3 Å². The average molecular weight is 280 g/mol. The van der Waals surface area contributed by atoms with Crippen LogP contribution in [0.2, 0.25) is 0 Å². The van der Waals surface area contributed by atoms with Crippen LogP contribution in [-0.4, -0.2) is 11.0 Å². The van der Waals surface area contributed by atoms with Gasteiger partial charge in [0.25, 0.3) is 0 Å². The zero-order valence-electron chi connectivity index (χ0n) is 11.0. The molecule has 0 saturated carbocycles. The second kappa shape index (κ2) is 7.77. The third-order valence-electron chi connectivity index (χ3n) is 2.61. The molecule has 0 radical (unpaired) electrons. The third-order valence-corrected chi connectivity index (χ3v) is 2.61. The first-order valence-corrected chi connectivity index (χ1v) is 5.62. The van der Waals surface area contributed by atoms with Crippen LogP contribution in [0.15, 0.2) is 42.6 Å². The monoisotopic (exact) mass is 280 g/mol. The Bertz CT molecular complexity index is 573. The van der Waals surface area contributed by atoms with Crippen LogP contribution < -0.4 is 61.8 Å². The molecule has 0 spiro atoms. The molecule has 0 aliphatic heterocycles. The first-order valence-electron chi connectivity index (χ1n) is 5.62. The molecule has 4 nitrogen and oxygen atoms in total. The Hall–Kier alpha value is -0.724. The molecule has 5 heteroatoms. The molecule has 1 heterocycles. The van der Waals surface area contributed by atoms with Gasteiger partial charge in [-0.1, -0.05) is 24.3 Å². The summed E-state index contributed by atoms with van der Waals surface area (Å²) in [5.74, 6) is -0.437. The molecule has 0 saturated heterocycles. The van der Waals surface area contributed by atoms with E-state index in [1.54, 1.807) is 24.4 Å². The van der Waals surface area contributed by atoms with Gasteiger partial charge in [0.2, 0.25) is 0 Å². The standard InChI is InChI=1S/C14H14N2O2.K/c1-10-6-7-15-13(8-10)16-9-11-4-2-3-5-12(11)14(17)18;/h2-8H,9H2,1H3,(H,15,16)(H,17,18);/q;+1/p-1. The Morgan fingerprint density at radius 2 is 2.05 bits per heavy atom. The van der Waals surface area contributed by atoms with Gasteiger partial charge in [-0.25, -0.2) is 4.98 Å². The average Bonchev–Trinajstić information content (AvgIpc) is 2.37. The maximum atomic E-state index is 10.9. The molecule has 0 bridgehead atoms. The molecule has 0 unspecified atom stereocenters. The van der Waals surface area contributed by atoms with Crippen molar-refractivity contribution in [1.29, 1.82) is 0 Å². The van der Waals surface area contributed by atoms with E-state index in [0.717, 1.165) is 11.4 Å². The second-order valence-corrected chi connectivity index (χ2v) is 4.02. The van der Waals surface area contributed by atoms with Gasteiger partial charge in [-0.05, 0) is 30.2 Å². The topological polar surface area (TPSA) is 65.0 Å². The molecular formula is C14H13KN2O2. The number of carbonyl (C=O) groups is 1. The number of nitrogens with one attached hydrogen (secondary N) is 1. The van der Waals surface area contributed by atoms with Crippen LogP contribution in [0.3, 0.4) is 0 Å². The Morgan fingerprint density at radius 3 is 2.74 bits per heavy atom. The first-order chi connectivity index (χ1) is 8.66. The van der Waals surface area contributed by atoms with E-state index in [4.69, 9.17) is 0 Å². The second-order valence-electron chi connectivity index (χ2n) is 4.02. The summed E-state index contributed by atoms with van der Waals surface area (Å²) < 4.78 is 0. The molecular weight excluding hydrogens is 267 g/mol. The molecule has 0 fully saturated rings. The van der Waals surface area contributed by atoms with Crippen molar-refractivity contribution in [2.24, 2.45) is 0 Å². The van der Waals surface area contributed by atoms with Crippen LogP contribution in [0.5, 0.6) is 0 Å². The summed E-state index contributed by atoms with van der Waals surface area (Å²) in [6.45, 7) is 2.38. The predicted molar refractivity (Wildman–Crippen MR) is 67.1 cm³/mol. The normalized spacial score (nSPS) is 9.53. The van der Waals surface area contributed by atoms with Gasteiger partial charge in [0.05, 0.1) is 5.97 Å². The summed E-state index contributed by atoms with van der Waals surface area (Å²) >= 11 is 0. The molecule has 0 amide bonds. The van der Waals surface area contributed by atoms with E-state index in [1.165, 1.54) is 6.07 Å². The number of benzene rings is 1. The molecule has 0 atom stereocenters. The fourth-order valence-corrected chi connectivity index (χ4v) is 1.69. The van der Waals surface area contributed by atoms with Crippen molar-refractivity contribution in [3.8, 4) is 0 Å². The summed E-state index contributed by atoms with van der Waals surface area (Å²) in [5, 5.41) is 14.0. The predicted octanol–water partition coefficient (Wildman–Crippen LogP) is -1.63. The van der Waals surface area contributed by atoms with Crippen LogP contribution in [-0.2, 0) is 6.54 Å². The van der Waals surface area contributed by atoms with Crippen molar-refractivity contribution in [2.75, 3.05) is 5.32 Å². The van der Waals surface area contributed by atoms with E-state index < -0.39 is 5.97 Å². The first kappa shape index (κ1) is 16.3. The molecule has 1 aromatic carbocycles. The zero-order chi connectivity index (χ0) is 13.0. The minimum atomic E-state index is -1.16. The van der Waals surface area contributed by atoms with Crippen molar-refractivity contribution in [3.63, 3.8) is 0 Å². The summed E-state index contributed by atoms with van der Waals surface area (Å²) in [6, 6.07) is 10.6. The fraction of sp³-hybridized carbons (Fsp3) is 0.143. The Labute approximate surface area is 154 Å². The van der Waals surface area contributed by atoms with Gasteiger partial charge in [-0.15, -0.1) is 0 Å². The largest absolute Gasteiger partial charge is 1.00 e. The zero-order valence-corrected chi connectivity index (χ0v) is 14.1. The van der Waals surface area contributed by atoms with Gasteiger partial charge < -0.3 is 15.2 Å². The van der Waals surface area contributed by atoms with Crippen LogP contribution in [0.1, 0.15) is 21.5 Å². The van der Waals surface area contributed by atoms with E-state index in [1.807, 2.05) is 19.1 Å². The summed E-state index contributed by atoms with van der Waals surface area (Å²) in [5.41, 5.74) is 1.99.